The topological polar surface area (TPSA) is 57.7 Å². The summed E-state index contributed by atoms with van der Waals surface area (Å²) in [5.74, 6) is -0.178. The van der Waals surface area contributed by atoms with Gasteiger partial charge in [-0.2, -0.15) is 0 Å². The highest BCUT2D eigenvalue weighted by molar-refractivity contribution is 7.88. The summed E-state index contributed by atoms with van der Waals surface area (Å²) in [6.07, 6.45) is 3.58. The first kappa shape index (κ1) is 15.5. The second kappa shape index (κ2) is 5.66. The fraction of sp³-hybridized carbons (Fsp3) is 0.562. The molecular formula is C16H22N2O3S. The maximum Gasteiger partial charge on any atom is 0.231 e. The molecule has 5 nitrogen and oxygen atoms in total. The Kier molecular flexibility index (Phi) is 3.99. The lowest BCUT2D eigenvalue weighted by Gasteiger charge is -2.34. The summed E-state index contributed by atoms with van der Waals surface area (Å²) < 4.78 is 24.9. The van der Waals surface area contributed by atoms with Gasteiger partial charge in [-0.15, -0.1) is 0 Å². The Morgan fingerprint density at radius 3 is 2.73 bits per heavy atom. The Morgan fingerprint density at radius 1 is 1.27 bits per heavy atom. The van der Waals surface area contributed by atoms with E-state index < -0.39 is 10.0 Å². The molecule has 1 aromatic rings. The summed E-state index contributed by atoms with van der Waals surface area (Å²) in [5, 5.41) is 0. The number of nitrogens with zero attached hydrogens (tertiary/aromatic N) is 2. The Balaban J connectivity index is 1.82. The van der Waals surface area contributed by atoms with Crippen LogP contribution in [0, 0.1) is 5.92 Å². The minimum absolute atomic E-state index is 0.0609. The molecule has 0 aliphatic carbocycles. The lowest BCUT2D eigenvalue weighted by Crippen LogP contribution is -2.48. The van der Waals surface area contributed by atoms with Crippen molar-refractivity contribution in [2.45, 2.75) is 32.2 Å². The van der Waals surface area contributed by atoms with E-state index in [-0.39, 0.29) is 17.9 Å². The second-order valence-corrected chi connectivity index (χ2v) is 8.33. The first-order valence-electron chi connectivity index (χ1n) is 7.74. The number of rotatable bonds is 2. The molecule has 1 fully saturated rings. The molecule has 6 heteroatoms. The van der Waals surface area contributed by atoms with Crippen molar-refractivity contribution in [3.05, 3.63) is 29.8 Å². The number of anilines is 1. The van der Waals surface area contributed by atoms with E-state index in [0.717, 1.165) is 24.9 Å². The highest BCUT2D eigenvalue weighted by Crippen LogP contribution is 2.34. The van der Waals surface area contributed by atoms with Crippen LogP contribution in [-0.2, 0) is 21.2 Å². The van der Waals surface area contributed by atoms with Crippen molar-refractivity contribution >= 4 is 21.6 Å². The average molecular weight is 322 g/mol. The van der Waals surface area contributed by atoms with Crippen molar-refractivity contribution in [3.8, 4) is 0 Å². The van der Waals surface area contributed by atoms with Crippen LogP contribution < -0.4 is 4.90 Å². The van der Waals surface area contributed by atoms with Crippen LogP contribution in [0.1, 0.15) is 25.3 Å². The number of hydrogen-bond acceptors (Lipinski definition) is 3. The molecule has 0 spiro atoms. The van der Waals surface area contributed by atoms with Crippen LogP contribution in [0.5, 0.6) is 0 Å². The lowest BCUT2D eigenvalue weighted by atomic mass is 9.97. The third-order valence-electron chi connectivity index (χ3n) is 4.65. The van der Waals surface area contributed by atoms with Crippen LogP contribution in [0.2, 0.25) is 0 Å². The van der Waals surface area contributed by atoms with Gasteiger partial charge in [0.25, 0.3) is 0 Å². The third-order valence-corrected chi connectivity index (χ3v) is 5.92. The highest BCUT2D eigenvalue weighted by atomic mass is 32.2. The zero-order valence-electron chi connectivity index (χ0n) is 13.0. The van der Waals surface area contributed by atoms with Gasteiger partial charge in [0.15, 0.2) is 0 Å². The molecule has 0 radical (unpaired) electrons. The van der Waals surface area contributed by atoms with Gasteiger partial charge in [-0.1, -0.05) is 18.2 Å². The van der Waals surface area contributed by atoms with Gasteiger partial charge in [-0.3, -0.25) is 4.79 Å². The maximum absolute atomic E-state index is 13.0. The first-order valence-corrected chi connectivity index (χ1v) is 9.59. The van der Waals surface area contributed by atoms with Crippen molar-refractivity contribution in [1.82, 2.24) is 4.31 Å². The van der Waals surface area contributed by atoms with Crippen LogP contribution in [0.25, 0.3) is 0 Å². The average Bonchev–Trinajstić information content (AvgIpc) is 2.81. The summed E-state index contributed by atoms with van der Waals surface area (Å²) in [7, 11) is -3.23. The molecular weight excluding hydrogens is 300 g/mol. The molecule has 2 aliphatic rings. The van der Waals surface area contributed by atoms with E-state index in [2.05, 4.69) is 13.0 Å². The van der Waals surface area contributed by atoms with Crippen LogP contribution in [0.4, 0.5) is 5.69 Å². The Labute approximate surface area is 132 Å². The summed E-state index contributed by atoms with van der Waals surface area (Å²) >= 11 is 0. The molecule has 0 saturated carbocycles. The number of para-hydroxylation sites is 1. The van der Waals surface area contributed by atoms with E-state index in [1.807, 2.05) is 23.1 Å². The third kappa shape index (κ3) is 2.77. The summed E-state index contributed by atoms with van der Waals surface area (Å²) in [5.41, 5.74) is 2.18. The molecule has 1 saturated heterocycles. The monoisotopic (exact) mass is 322 g/mol. The molecule has 22 heavy (non-hydrogen) atoms. The standard InChI is InChI=1S/C16H22N2O3S/c1-12-10-13-6-3-4-8-15(13)18(12)16(19)14-7-5-9-17(11-14)22(2,20)21/h3-4,6,8,12,14H,5,7,9-11H2,1-2H3/t12-,14+/m1/s1. The number of fused-ring (bicyclic) bond motifs is 1. The first-order chi connectivity index (χ1) is 10.4. The molecule has 0 aromatic heterocycles. The maximum atomic E-state index is 13.0. The summed E-state index contributed by atoms with van der Waals surface area (Å²) in [6.45, 7) is 2.88. The van der Waals surface area contributed by atoms with Gasteiger partial charge in [0.05, 0.1) is 12.2 Å². The molecule has 1 aromatic carbocycles. The summed E-state index contributed by atoms with van der Waals surface area (Å²) in [6, 6.07) is 8.11. The van der Waals surface area contributed by atoms with Gasteiger partial charge >= 0.3 is 0 Å². The van der Waals surface area contributed by atoms with E-state index in [9.17, 15) is 13.2 Å². The van der Waals surface area contributed by atoms with Gasteiger partial charge in [0, 0.05) is 24.8 Å². The van der Waals surface area contributed by atoms with Gasteiger partial charge in [-0.25, -0.2) is 12.7 Å². The fourth-order valence-electron chi connectivity index (χ4n) is 3.54. The predicted octanol–water partition coefficient (Wildman–Crippen LogP) is 1.64. The predicted molar refractivity (Wildman–Crippen MR) is 86.2 cm³/mol. The molecule has 2 aliphatic heterocycles. The Morgan fingerprint density at radius 2 is 2.00 bits per heavy atom. The smallest absolute Gasteiger partial charge is 0.231 e. The van der Waals surface area contributed by atoms with Crippen molar-refractivity contribution in [2.75, 3.05) is 24.2 Å². The highest BCUT2D eigenvalue weighted by Gasteiger charge is 2.37. The van der Waals surface area contributed by atoms with E-state index in [4.69, 9.17) is 0 Å². The molecule has 0 N–H and O–H groups in total. The van der Waals surface area contributed by atoms with Gasteiger partial charge in [-0.05, 0) is 37.8 Å². The zero-order valence-corrected chi connectivity index (χ0v) is 13.8. The van der Waals surface area contributed by atoms with E-state index in [1.165, 1.54) is 16.1 Å². The van der Waals surface area contributed by atoms with Crippen molar-refractivity contribution in [3.63, 3.8) is 0 Å². The number of carbonyl (C=O) groups is 1. The zero-order chi connectivity index (χ0) is 15.9. The molecule has 2 atom stereocenters. The van der Waals surface area contributed by atoms with E-state index >= 15 is 0 Å². The van der Waals surface area contributed by atoms with E-state index in [0.29, 0.717) is 13.1 Å². The van der Waals surface area contributed by atoms with Gasteiger partial charge < -0.3 is 4.90 Å². The Bertz CT molecular complexity index is 686. The normalized spacial score (nSPS) is 26.0. The number of hydrogen-bond donors (Lipinski definition) is 0. The molecule has 1 amide bonds. The number of amides is 1. The fourth-order valence-corrected chi connectivity index (χ4v) is 4.45. The van der Waals surface area contributed by atoms with Crippen LogP contribution in [0.15, 0.2) is 24.3 Å². The quantitative estimate of drug-likeness (QED) is 0.832. The molecule has 2 heterocycles. The summed E-state index contributed by atoms with van der Waals surface area (Å²) in [4.78, 5) is 14.8. The number of benzene rings is 1. The lowest BCUT2D eigenvalue weighted by molar-refractivity contribution is -0.123. The van der Waals surface area contributed by atoms with Crippen molar-refractivity contribution in [1.29, 1.82) is 0 Å². The molecule has 3 rings (SSSR count). The number of carbonyl (C=O) groups excluding carboxylic acids is 1. The minimum atomic E-state index is -3.23. The van der Waals surface area contributed by atoms with Crippen molar-refractivity contribution in [2.24, 2.45) is 5.92 Å². The molecule has 120 valence electrons. The minimum Gasteiger partial charge on any atom is -0.309 e. The molecule has 0 bridgehead atoms. The van der Waals surface area contributed by atoms with Crippen LogP contribution >= 0.6 is 0 Å². The van der Waals surface area contributed by atoms with Crippen molar-refractivity contribution < 1.29 is 13.2 Å². The van der Waals surface area contributed by atoms with E-state index in [1.54, 1.807) is 0 Å². The van der Waals surface area contributed by atoms with Crippen LogP contribution in [0.3, 0.4) is 0 Å². The number of piperidine rings is 1. The number of sulfonamides is 1. The SMILES string of the molecule is C[C@@H]1Cc2ccccc2N1C(=O)[C@H]1CCCN(S(C)(=O)=O)C1. The molecule has 0 unspecified atom stereocenters. The second-order valence-electron chi connectivity index (χ2n) is 6.35. The van der Waals surface area contributed by atoms with Crippen LogP contribution in [-0.4, -0.2) is 44.0 Å². The van der Waals surface area contributed by atoms with Gasteiger partial charge in [0.2, 0.25) is 15.9 Å². The van der Waals surface area contributed by atoms with Gasteiger partial charge in [0.1, 0.15) is 0 Å². The largest absolute Gasteiger partial charge is 0.309 e. The Hall–Kier alpha value is -1.40.